The number of benzene rings is 2. The zero-order valence-corrected chi connectivity index (χ0v) is 13.1. The van der Waals surface area contributed by atoms with E-state index in [2.05, 4.69) is 21.2 Å². The zero-order chi connectivity index (χ0) is 15.2. The van der Waals surface area contributed by atoms with Gasteiger partial charge in [0.2, 0.25) is 0 Å². The fraction of sp³-hybridized carbons (Fsp3) is 0.188. The summed E-state index contributed by atoms with van der Waals surface area (Å²) >= 11 is 3.35. The number of aliphatic hydroxyl groups excluding tert-OH is 1. The van der Waals surface area contributed by atoms with E-state index in [0.717, 1.165) is 5.56 Å². The van der Waals surface area contributed by atoms with Crippen LogP contribution >= 0.6 is 15.9 Å². The molecule has 0 saturated carbocycles. The number of aliphatic hydroxyl groups is 1. The minimum absolute atomic E-state index is 0.169. The maximum atomic E-state index is 12.4. The Hall–Kier alpha value is -1.85. The van der Waals surface area contributed by atoms with Crippen LogP contribution in [0.5, 0.6) is 5.75 Å². The van der Waals surface area contributed by atoms with Crippen LogP contribution in [0.4, 0.5) is 0 Å². The summed E-state index contributed by atoms with van der Waals surface area (Å²) in [6, 6.07) is 14.1. The highest BCUT2D eigenvalue weighted by Gasteiger charge is 2.17. The second-order valence-electron chi connectivity index (χ2n) is 4.47. The van der Waals surface area contributed by atoms with Gasteiger partial charge in [-0.15, -0.1) is 0 Å². The summed E-state index contributed by atoms with van der Waals surface area (Å²) in [7, 11) is 1.55. The molecule has 0 fully saturated rings. The van der Waals surface area contributed by atoms with Gasteiger partial charge in [0.15, 0.2) is 0 Å². The quantitative estimate of drug-likeness (QED) is 0.872. The fourth-order valence-corrected chi connectivity index (χ4v) is 2.39. The Bertz CT molecular complexity index is 616. The summed E-state index contributed by atoms with van der Waals surface area (Å²) in [5.74, 6) is 0.326. The normalized spacial score (nSPS) is 11.8. The first-order chi connectivity index (χ1) is 10.2. The van der Waals surface area contributed by atoms with Crippen LogP contribution in [0.1, 0.15) is 22.0 Å². The van der Waals surface area contributed by atoms with E-state index in [-0.39, 0.29) is 12.5 Å². The molecule has 1 amide bonds. The van der Waals surface area contributed by atoms with Gasteiger partial charge in [0.1, 0.15) is 5.75 Å². The smallest absolute Gasteiger partial charge is 0.253 e. The molecule has 0 aliphatic heterocycles. The Morgan fingerprint density at radius 1 is 1.29 bits per heavy atom. The van der Waals surface area contributed by atoms with E-state index in [4.69, 9.17) is 4.74 Å². The van der Waals surface area contributed by atoms with E-state index in [1.54, 1.807) is 25.3 Å². The molecule has 0 aliphatic rings. The molecule has 0 aliphatic carbocycles. The lowest BCUT2D eigenvalue weighted by atomic mass is 10.1. The molecular weight excluding hydrogens is 334 g/mol. The van der Waals surface area contributed by atoms with E-state index < -0.39 is 6.04 Å². The Labute approximate surface area is 131 Å². The van der Waals surface area contributed by atoms with Crippen LogP contribution in [0.3, 0.4) is 0 Å². The molecule has 0 aromatic heterocycles. The van der Waals surface area contributed by atoms with Gasteiger partial charge in [-0.05, 0) is 39.7 Å². The third kappa shape index (κ3) is 3.83. The minimum Gasteiger partial charge on any atom is -0.497 e. The lowest BCUT2D eigenvalue weighted by Gasteiger charge is -2.17. The third-order valence-electron chi connectivity index (χ3n) is 3.11. The SMILES string of the molecule is COc1ccc(Br)c(C(=O)NC(CO)c2ccccc2)c1. The molecule has 0 radical (unpaired) electrons. The van der Waals surface area contributed by atoms with Crippen molar-refractivity contribution in [3.8, 4) is 5.75 Å². The van der Waals surface area contributed by atoms with Crippen molar-refractivity contribution in [1.82, 2.24) is 5.32 Å². The van der Waals surface area contributed by atoms with E-state index in [9.17, 15) is 9.90 Å². The number of hydrogen-bond donors (Lipinski definition) is 2. The summed E-state index contributed by atoms with van der Waals surface area (Å²) < 4.78 is 5.80. The summed E-state index contributed by atoms with van der Waals surface area (Å²) in [4.78, 5) is 12.4. The Kier molecular flexibility index (Phi) is 5.36. The molecular formula is C16H16BrNO3. The first-order valence-electron chi connectivity index (χ1n) is 6.46. The second kappa shape index (κ2) is 7.24. The number of carbonyl (C=O) groups excluding carboxylic acids is 1. The maximum absolute atomic E-state index is 12.4. The zero-order valence-electron chi connectivity index (χ0n) is 11.5. The molecule has 5 heteroatoms. The molecule has 2 aromatic carbocycles. The van der Waals surface area contributed by atoms with Gasteiger partial charge in [0.05, 0.1) is 25.3 Å². The van der Waals surface area contributed by atoms with Crippen molar-refractivity contribution in [1.29, 1.82) is 0 Å². The van der Waals surface area contributed by atoms with Crippen LogP contribution in [0.2, 0.25) is 0 Å². The van der Waals surface area contributed by atoms with Crippen LogP contribution in [0.15, 0.2) is 53.0 Å². The largest absolute Gasteiger partial charge is 0.497 e. The van der Waals surface area contributed by atoms with Crippen molar-refractivity contribution in [3.63, 3.8) is 0 Å². The standard InChI is InChI=1S/C16H16BrNO3/c1-21-12-7-8-14(17)13(9-12)16(20)18-15(10-19)11-5-3-2-4-6-11/h2-9,15,19H,10H2,1H3,(H,18,20). The monoisotopic (exact) mass is 349 g/mol. The van der Waals surface area contributed by atoms with Gasteiger partial charge in [-0.3, -0.25) is 4.79 Å². The van der Waals surface area contributed by atoms with Gasteiger partial charge in [0, 0.05) is 4.47 Å². The Balaban J connectivity index is 2.20. The van der Waals surface area contributed by atoms with E-state index in [1.807, 2.05) is 30.3 Å². The van der Waals surface area contributed by atoms with Crippen molar-refractivity contribution in [2.75, 3.05) is 13.7 Å². The summed E-state index contributed by atoms with van der Waals surface area (Å²) in [5, 5.41) is 12.3. The topological polar surface area (TPSA) is 58.6 Å². The van der Waals surface area contributed by atoms with Crippen molar-refractivity contribution in [3.05, 3.63) is 64.1 Å². The number of nitrogens with one attached hydrogen (secondary N) is 1. The molecule has 21 heavy (non-hydrogen) atoms. The number of ether oxygens (including phenoxy) is 1. The molecule has 2 aromatic rings. The van der Waals surface area contributed by atoms with Crippen molar-refractivity contribution in [2.24, 2.45) is 0 Å². The lowest BCUT2D eigenvalue weighted by Crippen LogP contribution is -2.31. The van der Waals surface area contributed by atoms with Crippen LogP contribution in [-0.2, 0) is 0 Å². The van der Waals surface area contributed by atoms with Gasteiger partial charge < -0.3 is 15.2 Å². The van der Waals surface area contributed by atoms with Crippen molar-refractivity contribution in [2.45, 2.75) is 6.04 Å². The number of amides is 1. The molecule has 4 nitrogen and oxygen atoms in total. The fourth-order valence-electron chi connectivity index (χ4n) is 1.96. The van der Waals surface area contributed by atoms with E-state index in [0.29, 0.717) is 15.8 Å². The average Bonchev–Trinajstić information content (AvgIpc) is 2.53. The molecule has 2 N–H and O–H groups in total. The van der Waals surface area contributed by atoms with E-state index >= 15 is 0 Å². The Morgan fingerprint density at radius 2 is 2.00 bits per heavy atom. The summed E-state index contributed by atoms with van der Waals surface area (Å²) in [5.41, 5.74) is 1.32. The van der Waals surface area contributed by atoms with Gasteiger partial charge >= 0.3 is 0 Å². The van der Waals surface area contributed by atoms with Crippen LogP contribution < -0.4 is 10.1 Å². The highest BCUT2D eigenvalue weighted by molar-refractivity contribution is 9.10. The molecule has 1 unspecified atom stereocenters. The average molecular weight is 350 g/mol. The molecule has 2 rings (SSSR count). The number of carbonyl (C=O) groups is 1. The van der Waals surface area contributed by atoms with Crippen molar-refractivity contribution < 1.29 is 14.6 Å². The van der Waals surface area contributed by atoms with Gasteiger partial charge in [0.25, 0.3) is 5.91 Å². The number of halogens is 1. The third-order valence-corrected chi connectivity index (χ3v) is 3.80. The number of hydrogen-bond acceptors (Lipinski definition) is 3. The summed E-state index contributed by atoms with van der Waals surface area (Å²) in [6.45, 7) is -0.169. The highest BCUT2D eigenvalue weighted by Crippen LogP contribution is 2.23. The molecule has 1 atom stereocenters. The predicted octanol–water partition coefficient (Wildman–Crippen LogP) is 2.92. The first-order valence-corrected chi connectivity index (χ1v) is 7.25. The molecule has 0 bridgehead atoms. The Morgan fingerprint density at radius 3 is 2.62 bits per heavy atom. The van der Waals surface area contributed by atoms with E-state index in [1.165, 1.54) is 0 Å². The van der Waals surface area contributed by atoms with Gasteiger partial charge in [-0.2, -0.15) is 0 Å². The molecule has 0 heterocycles. The lowest BCUT2D eigenvalue weighted by molar-refractivity contribution is 0.0915. The minimum atomic E-state index is -0.447. The predicted molar refractivity (Wildman–Crippen MR) is 84.4 cm³/mol. The van der Waals surface area contributed by atoms with Crippen LogP contribution in [0, 0.1) is 0 Å². The van der Waals surface area contributed by atoms with Gasteiger partial charge in [-0.1, -0.05) is 30.3 Å². The van der Waals surface area contributed by atoms with Crippen LogP contribution in [0.25, 0.3) is 0 Å². The molecule has 110 valence electrons. The van der Waals surface area contributed by atoms with Crippen molar-refractivity contribution >= 4 is 21.8 Å². The number of rotatable bonds is 5. The molecule has 0 spiro atoms. The van der Waals surface area contributed by atoms with Gasteiger partial charge in [-0.25, -0.2) is 0 Å². The maximum Gasteiger partial charge on any atom is 0.253 e. The highest BCUT2D eigenvalue weighted by atomic mass is 79.9. The molecule has 0 saturated heterocycles. The first kappa shape index (κ1) is 15.5. The summed E-state index contributed by atoms with van der Waals surface area (Å²) in [6.07, 6.45) is 0. The number of methoxy groups -OCH3 is 1. The van der Waals surface area contributed by atoms with Crippen LogP contribution in [-0.4, -0.2) is 24.7 Å². The second-order valence-corrected chi connectivity index (χ2v) is 5.32.